The van der Waals surface area contributed by atoms with Crippen LogP contribution in [0.4, 0.5) is 42.0 Å². The molecular weight excluding hydrogens is 401 g/mol. The van der Waals surface area contributed by atoms with Crippen molar-refractivity contribution in [2.45, 2.75) is 6.18 Å². The van der Waals surface area contributed by atoms with Gasteiger partial charge in [-0.3, -0.25) is 10.1 Å². The van der Waals surface area contributed by atoms with E-state index in [1.807, 2.05) is 0 Å². The molecule has 12 heteroatoms. The van der Waals surface area contributed by atoms with Crippen LogP contribution in [0.15, 0.2) is 48.9 Å². The number of nitrogens with zero attached hydrogens (tertiary/aromatic N) is 4. The monoisotopic (exact) mass is 410 g/mol. The van der Waals surface area contributed by atoms with Gasteiger partial charge in [-0.2, -0.15) is 13.2 Å². The smallest absolute Gasteiger partial charge is 0.334 e. The number of halogens is 4. The van der Waals surface area contributed by atoms with Crippen molar-refractivity contribution in [1.29, 1.82) is 0 Å². The molecule has 0 saturated carbocycles. The highest BCUT2D eigenvalue weighted by Gasteiger charge is 2.34. The quantitative estimate of drug-likeness (QED) is 0.453. The van der Waals surface area contributed by atoms with Crippen LogP contribution >= 0.6 is 11.6 Å². The molecule has 0 unspecified atom stereocenters. The Morgan fingerprint density at radius 2 is 1.68 bits per heavy atom. The number of hydrogen-bond donors (Lipinski definition) is 2. The molecule has 0 spiro atoms. The van der Waals surface area contributed by atoms with Crippen molar-refractivity contribution in [3.8, 4) is 0 Å². The third-order valence-corrected chi connectivity index (χ3v) is 3.69. The summed E-state index contributed by atoms with van der Waals surface area (Å²) in [5.74, 6) is -0.456. The molecule has 0 atom stereocenters. The van der Waals surface area contributed by atoms with Crippen LogP contribution in [-0.2, 0) is 6.18 Å². The second-order valence-electron chi connectivity index (χ2n) is 5.33. The van der Waals surface area contributed by atoms with E-state index in [4.69, 9.17) is 11.6 Å². The Morgan fingerprint density at radius 1 is 1.00 bits per heavy atom. The van der Waals surface area contributed by atoms with Crippen LogP contribution in [0.1, 0.15) is 5.56 Å². The molecule has 0 aliphatic heterocycles. The molecule has 0 fully saturated rings. The minimum absolute atomic E-state index is 0.202. The summed E-state index contributed by atoms with van der Waals surface area (Å²) in [7, 11) is 0. The van der Waals surface area contributed by atoms with Gasteiger partial charge in [-0.15, -0.1) is 0 Å². The molecular formula is C16H10ClF3N6O2. The standard InChI is InChI=1S/C16H10ClF3N6O2/c17-9-5-6-12(21-7-9)25-15-13(26(27)28)14(22-8-23-15)24-11-4-2-1-3-10(11)16(18,19)20/h1-8H,(H2,21,22,23,24,25). The van der Waals surface area contributed by atoms with Crippen molar-refractivity contribution in [1.82, 2.24) is 15.0 Å². The molecule has 28 heavy (non-hydrogen) atoms. The molecule has 3 rings (SSSR count). The predicted octanol–water partition coefficient (Wildman–Crippen LogP) is 4.94. The summed E-state index contributed by atoms with van der Waals surface area (Å²) in [6.45, 7) is 0. The fourth-order valence-electron chi connectivity index (χ4n) is 2.27. The number of alkyl halides is 3. The maximum atomic E-state index is 13.2. The number of para-hydroxylation sites is 1. The minimum Gasteiger partial charge on any atom is -0.334 e. The first kappa shape index (κ1) is 19.3. The van der Waals surface area contributed by atoms with Crippen LogP contribution in [0.2, 0.25) is 5.02 Å². The van der Waals surface area contributed by atoms with Crippen molar-refractivity contribution in [3.05, 3.63) is 69.6 Å². The van der Waals surface area contributed by atoms with Gasteiger partial charge in [0.15, 0.2) is 0 Å². The topological polar surface area (TPSA) is 106 Å². The first-order valence-corrected chi connectivity index (χ1v) is 7.94. The Hall–Kier alpha value is -3.47. The molecule has 144 valence electrons. The van der Waals surface area contributed by atoms with Gasteiger partial charge >= 0.3 is 11.9 Å². The average molecular weight is 411 g/mol. The second-order valence-corrected chi connectivity index (χ2v) is 5.77. The Kier molecular flexibility index (Phi) is 5.27. The summed E-state index contributed by atoms with van der Waals surface area (Å²) in [6.07, 6.45) is -2.36. The molecule has 0 aliphatic rings. The summed E-state index contributed by atoms with van der Waals surface area (Å²) >= 11 is 5.74. The number of anilines is 4. The lowest BCUT2D eigenvalue weighted by atomic mass is 10.1. The van der Waals surface area contributed by atoms with Crippen LogP contribution < -0.4 is 10.6 Å². The van der Waals surface area contributed by atoms with E-state index in [-0.39, 0.29) is 17.3 Å². The zero-order valence-corrected chi connectivity index (χ0v) is 14.5. The first-order chi connectivity index (χ1) is 13.3. The molecule has 8 nitrogen and oxygen atoms in total. The van der Waals surface area contributed by atoms with Crippen LogP contribution in [-0.4, -0.2) is 19.9 Å². The van der Waals surface area contributed by atoms with E-state index in [0.29, 0.717) is 5.02 Å². The molecule has 0 saturated heterocycles. The van der Waals surface area contributed by atoms with Crippen LogP contribution in [0, 0.1) is 10.1 Å². The second kappa shape index (κ2) is 7.64. The predicted molar refractivity (Wildman–Crippen MR) is 95.9 cm³/mol. The Labute approximate surface area is 160 Å². The van der Waals surface area contributed by atoms with Gasteiger partial charge in [0.2, 0.25) is 11.6 Å². The molecule has 2 aromatic heterocycles. The van der Waals surface area contributed by atoms with Gasteiger partial charge in [-0.05, 0) is 24.3 Å². The number of rotatable bonds is 5. The molecule has 0 amide bonds. The van der Waals surface area contributed by atoms with Crippen molar-refractivity contribution in [2.75, 3.05) is 10.6 Å². The summed E-state index contributed by atoms with van der Waals surface area (Å²) in [6, 6.07) is 7.53. The lowest BCUT2D eigenvalue weighted by Gasteiger charge is -2.14. The molecule has 0 radical (unpaired) electrons. The van der Waals surface area contributed by atoms with Gasteiger partial charge in [0, 0.05) is 6.20 Å². The first-order valence-electron chi connectivity index (χ1n) is 7.57. The summed E-state index contributed by atoms with van der Waals surface area (Å²) in [5.41, 5.74) is -2.01. The van der Waals surface area contributed by atoms with E-state index in [1.54, 1.807) is 0 Å². The zero-order valence-electron chi connectivity index (χ0n) is 13.7. The third-order valence-electron chi connectivity index (χ3n) is 3.46. The highest BCUT2D eigenvalue weighted by atomic mass is 35.5. The maximum Gasteiger partial charge on any atom is 0.418 e. The van der Waals surface area contributed by atoms with Crippen molar-refractivity contribution in [3.63, 3.8) is 0 Å². The van der Waals surface area contributed by atoms with Crippen molar-refractivity contribution >= 4 is 40.4 Å². The SMILES string of the molecule is O=[N+]([O-])c1c(Nc2ccc(Cl)cn2)ncnc1Nc1ccccc1C(F)(F)F. The molecule has 0 aliphatic carbocycles. The van der Waals surface area contributed by atoms with Gasteiger partial charge in [0.1, 0.15) is 12.1 Å². The zero-order chi connectivity index (χ0) is 20.3. The number of pyridine rings is 1. The van der Waals surface area contributed by atoms with E-state index < -0.39 is 28.2 Å². The Balaban J connectivity index is 2.01. The van der Waals surface area contributed by atoms with Crippen molar-refractivity contribution in [2.24, 2.45) is 0 Å². The van der Waals surface area contributed by atoms with Gasteiger partial charge < -0.3 is 10.6 Å². The van der Waals surface area contributed by atoms with E-state index in [1.165, 1.54) is 30.5 Å². The van der Waals surface area contributed by atoms with Crippen LogP contribution in [0.3, 0.4) is 0 Å². The highest BCUT2D eigenvalue weighted by Crippen LogP contribution is 2.38. The summed E-state index contributed by atoms with van der Waals surface area (Å²) < 4.78 is 39.5. The van der Waals surface area contributed by atoms with Crippen LogP contribution in [0.25, 0.3) is 0 Å². The number of aromatic nitrogens is 3. The van der Waals surface area contributed by atoms with Gasteiger partial charge in [0.25, 0.3) is 0 Å². The maximum absolute atomic E-state index is 13.2. The Bertz CT molecular complexity index is 1010. The summed E-state index contributed by atoms with van der Waals surface area (Å²) in [5, 5.41) is 16.9. The molecule has 1 aromatic carbocycles. The number of nitrogens with one attached hydrogen (secondary N) is 2. The lowest BCUT2D eigenvalue weighted by molar-refractivity contribution is -0.383. The van der Waals surface area contributed by atoms with E-state index in [9.17, 15) is 23.3 Å². The largest absolute Gasteiger partial charge is 0.418 e. The van der Waals surface area contributed by atoms with Gasteiger partial charge in [-0.1, -0.05) is 23.7 Å². The van der Waals surface area contributed by atoms with E-state index >= 15 is 0 Å². The fourth-order valence-corrected chi connectivity index (χ4v) is 2.38. The fraction of sp³-hybridized carbons (Fsp3) is 0.0625. The minimum atomic E-state index is -4.65. The third kappa shape index (κ3) is 4.26. The molecule has 2 heterocycles. The van der Waals surface area contributed by atoms with Crippen molar-refractivity contribution < 1.29 is 18.1 Å². The number of hydrogen-bond acceptors (Lipinski definition) is 7. The van der Waals surface area contributed by atoms with E-state index in [2.05, 4.69) is 25.6 Å². The molecule has 2 N–H and O–H groups in total. The number of nitro groups is 1. The van der Waals surface area contributed by atoms with E-state index in [0.717, 1.165) is 18.5 Å². The molecule has 0 bridgehead atoms. The highest BCUT2D eigenvalue weighted by molar-refractivity contribution is 6.30. The van der Waals surface area contributed by atoms with Gasteiger partial charge in [0.05, 0.1) is 21.2 Å². The lowest BCUT2D eigenvalue weighted by Crippen LogP contribution is -2.11. The van der Waals surface area contributed by atoms with Gasteiger partial charge in [-0.25, -0.2) is 15.0 Å². The average Bonchev–Trinajstić information content (AvgIpc) is 2.63. The number of benzene rings is 1. The molecule has 3 aromatic rings. The summed E-state index contributed by atoms with van der Waals surface area (Å²) in [4.78, 5) is 22.2. The van der Waals surface area contributed by atoms with Crippen LogP contribution in [0.5, 0.6) is 0 Å². The normalized spacial score (nSPS) is 11.1. The Morgan fingerprint density at radius 3 is 2.29 bits per heavy atom.